The lowest BCUT2D eigenvalue weighted by Crippen LogP contribution is -2.37. The lowest BCUT2D eigenvalue weighted by molar-refractivity contribution is 0.287. The maximum atomic E-state index is 6.05. The first kappa shape index (κ1) is 14.9. The Kier molecular flexibility index (Phi) is 2.74. The number of hydrogen-bond donors (Lipinski definition) is 0. The normalized spacial score (nSPS) is 18.3. The van der Waals surface area contributed by atoms with E-state index in [0.717, 1.165) is 16.7 Å². The highest BCUT2D eigenvalue weighted by molar-refractivity contribution is 6.41. The van der Waals surface area contributed by atoms with E-state index in [-0.39, 0.29) is 5.41 Å². The average molecular weight is 318 g/mol. The molecule has 116 valence electrons. The van der Waals surface area contributed by atoms with Crippen molar-refractivity contribution in [2.24, 2.45) is 0 Å². The van der Waals surface area contributed by atoms with Gasteiger partial charge in [0.25, 0.3) is 0 Å². The number of benzene rings is 3. The highest BCUT2D eigenvalue weighted by atomic mass is 16.5. The smallest absolute Gasteiger partial charge is 0.133 e. The summed E-state index contributed by atoms with van der Waals surface area (Å²) in [6.45, 7) is 4.54. The molecule has 0 N–H and O–H groups in total. The minimum atomic E-state index is -1.28. The van der Waals surface area contributed by atoms with E-state index < -0.39 is 5.40 Å². The van der Waals surface area contributed by atoms with Gasteiger partial charge in [0.2, 0.25) is 0 Å². The molecule has 3 aromatic carbocycles. The monoisotopic (exact) mass is 318 g/mol. The van der Waals surface area contributed by atoms with Gasteiger partial charge in [-0.1, -0.05) is 74.5 Å². The largest absolute Gasteiger partial charge is 0.502 e. The summed E-state index contributed by atoms with van der Waals surface area (Å²) in [5, 5.41) is 0.952. The van der Waals surface area contributed by atoms with Crippen molar-refractivity contribution in [3.63, 3.8) is 0 Å². The molecule has 0 fully saturated rings. The van der Waals surface area contributed by atoms with Gasteiger partial charge in [-0.15, -0.1) is 0 Å². The molecule has 3 heteroatoms. The van der Waals surface area contributed by atoms with Crippen LogP contribution in [0.15, 0.2) is 54.6 Å². The summed E-state index contributed by atoms with van der Waals surface area (Å²) in [6.07, 6.45) is 3.77. The van der Waals surface area contributed by atoms with Gasteiger partial charge in [0.05, 0.1) is 0 Å². The topological polar surface area (TPSA) is 9.23 Å². The zero-order valence-corrected chi connectivity index (χ0v) is 14.3. The predicted octanol–water partition coefficient (Wildman–Crippen LogP) is 4.54. The quantitative estimate of drug-likeness (QED) is 0.553. The lowest BCUT2D eigenvalue weighted by Gasteiger charge is -2.34. The number of rotatable bonds is 0. The zero-order valence-electron chi connectivity index (χ0n) is 14.3. The van der Waals surface area contributed by atoms with E-state index in [1.165, 1.54) is 27.6 Å². The number of ether oxygens (including phenoxy) is 1. The third-order valence-corrected chi connectivity index (χ3v) is 5.49. The van der Waals surface area contributed by atoms with Gasteiger partial charge < -0.3 is 4.74 Å². The minimum Gasteiger partial charge on any atom is -0.502 e. The van der Waals surface area contributed by atoms with Crippen LogP contribution in [0.4, 0.5) is 0 Å². The molecular formula is C22H16B2O. The second-order valence-electron chi connectivity index (χ2n) is 7.50. The van der Waals surface area contributed by atoms with Crippen molar-refractivity contribution in [2.75, 3.05) is 0 Å². The molecule has 0 aromatic heterocycles. The van der Waals surface area contributed by atoms with Crippen LogP contribution in [0.2, 0.25) is 0 Å². The van der Waals surface area contributed by atoms with Gasteiger partial charge in [0.1, 0.15) is 21.4 Å². The molecule has 0 atom stereocenters. The molecule has 0 saturated heterocycles. The first-order valence-electron chi connectivity index (χ1n) is 8.55. The van der Waals surface area contributed by atoms with Gasteiger partial charge >= 0.3 is 0 Å². The lowest BCUT2D eigenvalue weighted by atomic mass is 9.63. The van der Waals surface area contributed by atoms with Gasteiger partial charge in [-0.25, -0.2) is 0 Å². The van der Waals surface area contributed by atoms with Crippen molar-refractivity contribution in [3.05, 3.63) is 71.3 Å². The van der Waals surface area contributed by atoms with Crippen LogP contribution in [0, 0.1) is 0 Å². The van der Waals surface area contributed by atoms with E-state index in [4.69, 9.17) is 20.4 Å². The summed E-state index contributed by atoms with van der Waals surface area (Å²) in [4.78, 5) is 0. The van der Waals surface area contributed by atoms with Crippen LogP contribution in [0.5, 0.6) is 5.75 Å². The van der Waals surface area contributed by atoms with Gasteiger partial charge in [-0.2, -0.15) is 0 Å². The summed E-state index contributed by atoms with van der Waals surface area (Å²) in [6, 6.07) is 17.0. The Morgan fingerprint density at radius 1 is 0.880 bits per heavy atom. The molecule has 0 spiro atoms. The summed E-state index contributed by atoms with van der Waals surface area (Å²) in [5.74, 6) is 0.780. The molecule has 2 aliphatic rings. The van der Waals surface area contributed by atoms with Crippen molar-refractivity contribution in [3.8, 4) is 16.9 Å². The molecule has 0 saturated carbocycles. The van der Waals surface area contributed by atoms with Crippen LogP contribution in [0.1, 0.15) is 30.5 Å². The van der Waals surface area contributed by atoms with Crippen molar-refractivity contribution in [1.29, 1.82) is 0 Å². The summed E-state index contributed by atoms with van der Waals surface area (Å²) in [7, 11) is 12.1. The van der Waals surface area contributed by atoms with Gasteiger partial charge in [0.15, 0.2) is 0 Å². The van der Waals surface area contributed by atoms with E-state index >= 15 is 0 Å². The number of fused-ring (bicyclic) bond motifs is 8. The summed E-state index contributed by atoms with van der Waals surface area (Å²) >= 11 is 0. The molecule has 1 aliphatic carbocycles. The SMILES string of the molecule is [B]C1([B])C=Cc2c3c(c4ccccc4c2O1)-c1ccccc1C3(C)C. The van der Waals surface area contributed by atoms with Gasteiger partial charge in [-0.05, 0) is 27.6 Å². The Bertz CT molecular complexity index is 1080. The summed E-state index contributed by atoms with van der Waals surface area (Å²) in [5.41, 5.74) is 6.19. The highest BCUT2D eigenvalue weighted by Gasteiger charge is 2.40. The van der Waals surface area contributed by atoms with Crippen LogP contribution in [-0.2, 0) is 5.41 Å². The molecule has 0 amide bonds. The van der Waals surface area contributed by atoms with Crippen LogP contribution >= 0.6 is 0 Å². The Labute approximate surface area is 150 Å². The van der Waals surface area contributed by atoms with Crippen LogP contribution in [0.3, 0.4) is 0 Å². The zero-order chi connectivity index (χ0) is 17.4. The molecule has 5 rings (SSSR count). The van der Waals surface area contributed by atoms with Gasteiger partial charge in [-0.3, -0.25) is 0 Å². The second kappa shape index (κ2) is 4.60. The second-order valence-corrected chi connectivity index (χ2v) is 7.50. The predicted molar refractivity (Wildman–Crippen MR) is 105 cm³/mol. The third kappa shape index (κ3) is 1.87. The maximum Gasteiger partial charge on any atom is 0.133 e. The molecule has 0 bridgehead atoms. The van der Waals surface area contributed by atoms with E-state index in [1.807, 2.05) is 12.1 Å². The van der Waals surface area contributed by atoms with Crippen LogP contribution in [0.25, 0.3) is 28.0 Å². The Balaban J connectivity index is 2.01. The van der Waals surface area contributed by atoms with E-state index in [0.29, 0.717) is 0 Å². The van der Waals surface area contributed by atoms with Crippen molar-refractivity contribution in [1.82, 2.24) is 0 Å². The van der Waals surface area contributed by atoms with E-state index in [1.54, 1.807) is 6.08 Å². The first-order chi connectivity index (χ1) is 11.9. The molecule has 1 nitrogen and oxygen atoms in total. The van der Waals surface area contributed by atoms with E-state index in [2.05, 4.69) is 56.3 Å². The summed E-state index contributed by atoms with van der Waals surface area (Å²) < 4.78 is 6.02. The molecule has 1 heterocycles. The standard InChI is InChI=1S/C22H16B2O/c1-21(2)17-10-6-5-9-15(17)18-13-7-3-4-8-14(13)20-16(19(18)21)11-12-22(23,24)25-20/h3-12H,1-2H3. The van der Waals surface area contributed by atoms with Crippen molar-refractivity contribution in [2.45, 2.75) is 24.7 Å². The van der Waals surface area contributed by atoms with E-state index in [9.17, 15) is 0 Å². The average Bonchev–Trinajstić information content (AvgIpc) is 2.83. The molecule has 3 aromatic rings. The van der Waals surface area contributed by atoms with Crippen molar-refractivity contribution >= 4 is 32.5 Å². The molecular weight excluding hydrogens is 302 g/mol. The maximum absolute atomic E-state index is 6.05. The fraction of sp³-hybridized carbons (Fsp3) is 0.182. The minimum absolute atomic E-state index is 0.114. The highest BCUT2D eigenvalue weighted by Crippen LogP contribution is 2.56. The van der Waals surface area contributed by atoms with Crippen LogP contribution < -0.4 is 4.74 Å². The third-order valence-electron chi connectivity index (χ3n) is 5.49. The number of hydrogen-bond acceptors (Lipinski definition) is 1. The molecule has 0 unspecified atom stereocenters. The van der Waals surface area contributed by atoms with Crippen molar-refractivity contribution < 1.29 is 4.74 Å². The fourth-order valence-corrected chi connectivity index (χ4v) is 4.43. The molecule has 4 radical (unpaired) electrons. The Morgan fingerprint density at radius 3 is 2.36 bits per heavy atom. The molecule has 1 aliphatic heterocycles. The molecule has 25 heavy (non-hydrogen) atoms. The Hall–Kier alpha value is -2.41. The Morgan fingerprint density at radius 2 is 1.56 bits per heavy atom. The van der Waals surface area contributed by atoms with Gasteiger partial charge in [0, 0.05) is 21.8 Å². The fourth-order valence-electron chi connectivity index (χ4n) is 4.43. The first-order valence-corrected chi connectivity index (χ1v) is 8.55. The van der Waals surface area contributed by atoms with Crippen LogP contribution in [-0.4, -0.2) is 21.1 Å².